The molecule has 0 saturated carbocycles. The molecule has 0 saturated heterocycles. The Morgan fingerprint density at radius 1 is 1.28 bits per heavy atom. The molecule has 5 heteroatoms. The molecule has 0 aliphatic carbocycles. The average Bonchev–Trinajstić information content (AvgIpc) is 2.38. The predicted molar refractivity (Wildman–Crippen MR) is 72.6 cm³/mol. The van der Waals surface area contributed by atoms with Crippen LogP contribution in [0.5, 0.6) is 0 Å². The van der Waals surface area contributed by atoms with Gasteiger partial charge in [-0.15, -0.1) is 0 Å². The Morgan fingerprint density at radius 2 is 1.94 bits per heavy atom. The molecule has 4 nitrogen and oxygen atoms in total. The number of ketones is 1. The van der Waals surface area contributed by atoms with Gasteiger partial charge in [0, 0.05) is 29.8 Å². The molecule has 1 N–H and O–H groups in total. The topological polar surface area (TPSA) is 55.4 Å². The van der Waals surface area contributed by atoms with E-state index in [9.17, 15) is 9.59 Å². The highest BCUT2D eigenvalue weighted by molar-refractivity contribution is 9.10. The van der Waals surface area contributed by atoms with Crippen molar-refractivity contribution in [2.24, 2.45) is 0 Å². The molecular formula is C13H16BrNO3. The SMILES string of the molecule is CCOCCCNC(=O)C(=O)c1ccc(Br)cc1. The second kappa shape index (κ2) is 8.00. The number of hydrogen-bond acceptors (Lipinski definition) is 3. The summed E-state index contributed by atoms with van der Waals surface area (Å²) in [5, 5.41) is 2.57. The number of amides is 1. The van der Waals surface area contributed by atoms with E-state index in [0.29, 0.717) is 31.7 Å². The molecule has 0 radical (unpaired) electrons. The van der Waals surface area contributed by atoms with Gasteiger partial charge < -0.3 is 10.1 Å². The summed E-state index contributed by atoms with van der Waals surface area (Å²) in [4.78, 5) is 23.3. The second-order valence-electron chi connectivity index (χ2n) is 3.64. The van der Waals surface area contributed by atoms with Gasteiger partial charge in [0.2, 0.25) is 5.78 Å². The monoisotopic (exact) mass is 313 g/mol. The molecule has 1 aromatic carbocycles. The van der Waals surface area contributed by atoms with E-state index in [2.05, 4.69) is 21.2 Å². The lowest BCUT2D eigenvalue weighted by Gasteiger charge is -2.04. The summed E-state index contributed by atoms with van der Waals surface area (Å²) in [5.41, 5.74) is 0.389. The molecule has 0 bridgehead atoms. The molecule has 1 aromatic rings. The maximum Gasteiger partial charge on any atom is 0.292 e. The Labute approximate surface area is 115 Å². The maximum absolute atomic E-state index is 11.7. The minimum absolute atomic E-state index is 0.389. The zero-order valence-corrected chi connectivity index (χ0v) is 11.8. The summed E-state index contributed by atoms with van der Waals surface area (Å²) >= 11 is 3.27. The molecule has 18 heavy (non-hydrogen) atoms. The fourth-order valence-electron chi connectivity index (χ4n) is 1.33. The lowest BCUT2D eigenvalue weighted by Crippen LogP contribution is -2.32. The first-order valence-electron chi connectivity index (χ1n) is 5.81. The first kappa shape index (κ1) is 14.9. The van der Waals surface area contributed by atoms with Crippen molar-refractivity contribution in [1.82, 2.24) is 5.32 Å². The van der Waals surface area contributed by atoms with Crippen LogP contribution in [0.1, 0.15) is 23.7 Å². The van der Waals surface area contributed by atoms with E-state index in [4.69, 9.17) is 4.74 Å². The number of halogens is 1. The second-order valence-corrected chi connectivity index (χ2v) is 4.56. The minimum atomic E-state index is -0.575. The zero-order valence-electron chi connectivity index (χ0n) is 10.2. The molecule has 0 spiro atoms. The highest BCUT2D eigenvalue weighted by atomic mass is 79.9. The summed E-state index contributed by atoms with van der Waals surface area (Å²) in [6, 6.07) is 6.70. The molecule has 0 aromatic heterocycles. The molecule has 0 aliphatic heterocycles. The zero-order chi connectivity index (χ0) is 13.4. The van der Waals surface area contributed by atoms with Crippen LogP contribution < -0.4 is 5.32 Å². The average molecular weight is 314 g/mol. The predicted octanol–water partition coefficient (Wildman–Crippen LogP) is 2.17. The number of carbonyl (C=O) groups excluding carboxylic acids is 2. The van der Waals surface area contributed by atoms with Crippen LogP contribution >= 0.6 is 15.9 Å². The van der Waals surface area contributed by atoms with E-state index in [1.54, 1.807) is 24.3 Å². The molecule has 0 unspecified atom stereocenters. The minimum Gasteiger partial charge on any atom is -0.382 e. The molecule has 0 heterocycles. The van der Waals surface area contributed by atoms with Gasteiger partial charge in [0.25, 0.3) is 5.91 Å². The lowest BCUT2D eigenvalue weighted by molar-refractivity contribution is -0.117. The maximum atomic E-state index is 11.7. The number of nitrogens with one attached hydrogen (secondary N) is 1. The first-order chi connectivity index (χ1) is 8.65. The number of Topliss-reactive ketones (excluding diaryl/α,β-unsaturated/α-hetero) is 1. The summed E-state index contributed by atoms with van der Waals surface area (Å²) in [7, 11) is 0. The Hall–Kier alpha value is -1.20. The summed E-state index contributed by atoms with van der Waals surface area (Å²) < 4.78 is 6.00. The standard InChI is InChI=1S/C13H16BrNO3/c1-2-18-9-3-8-15-13(17)12(16)10-4-6-11(14)7-5-10/h4-7H,2-3,8-9H2,1H3,(H,15,17). The van der Waals surface area contributed by atoms with E-state index in [-0.39, 0.29) is 0 Å². The number of rotatable bonds is 7. The molecular weight excluding hydrogens is 298 g/mol. The number of hydrogen-bond donors (Lipinski definition) is 1. The fourth-order valence-corrected chi connectivity index (χ4v) is 1.60. The lowest BCUT2D eigenvalue weighted by atomic mass is 10.1. The third kappa shape index (κ3) is 4.98. The summed E-state index contributed by atoms with van der Waals surface area (Å²) in [6.07, 6.45) is 0.702. The van der Waals surface area contributed by atoms with Crippen molar-refractivity contribution >= 4 is 27.6 Å². The Balaban J connectivity index is 2.37. The van der Waals surface area contributed by atoms with Crippen molar-refractivity contribution in [1.29, 1.82) is 0 Å². The highest BCUT2D eigenvalue weighted by Gasteiger charge is 2.14. The van der Waals surface area contributed by atoms with Crippen LogP contribution in [-0.2, 0) is 9.53 Å². The van der Waals surface area contributed by atoms with Crippen molar-refractivity contribution in [3.63, 3.8) is 0 Å². The highest BCUT2D eigenvalue weighted by Crippen LogP contribution is 2.10. The van der Waals surface area contributed by atoms with Gasteiger partial charge in [0.1, 0.15) is 0 Å². The van der Waals surface area contributed by atoms with Crippen LogP contribution in [0.3, 0.4) is 0 Å². The van der Waals surface area contributed by atoms with Gasteiger partial charge in [0.05, 0.1) is 0 Å². The van der Waals surface area contributed by atoms with Gasteiger partial charge in [-0.1, -0.05) is 15.9 Å². The van der Waals surface area contributed by atoms with Crippen molar-refractivity contribution < 1.29 is 14.3 Å². The number of ether oxygens (including phenoxy) is 1. The molecule has 0 atom stereocenters. The fraction of sp³-hybridized carbons (Fsp3) is 0.385. The van der Waals surface area contributed by atoms with Gasteiger partial charge in [0.15, 0.2) is 0 Å². The van der Waals surface area contributed by atoms with Crippen LogP contribution in [0.25, 0.3) is 0 Å². The van der Waals surface area contributed by atoms with Crippen LogP contribution in [0.2, 0.25) is 0 Å². The van der Waals surface area contributed by atoms with Gasteiger partial charge in [-0.05, 0) is 37.6 Å². The molecule has 1 rings (SSSR count). The van der Waals surface area contributed by atoms with Crippen molar-refractivity contribution in [3.05, 3.63) is 34.3 Å². The summed E-state index contributed by atoms with van der Waals surface area (Å²) in [6.45, 7) is 3.60. The third-order valence-corrected chi connectivity index (χ3v) is 2.80. The summed E-state index contributed by atoms with van der Waals surface area (Å²) in [5.74, 6) is -1.09. The quantitative estimate of drug-likeness (QED) is 0.477. The number of benzene rings is 1. The van der Waals surface area contributed by atoms with Crippen LogP contribution in [-0.4, -0.2) is 31.4 Å². The smallest absolute Gasteiger partial charge is 0.292 e. The third-order valence-electron chi connectivity index (χ3n) is 2.27. The van der Waals surface area contributed by atoms with E-state index in [0.717, 1.165) is 4.47 Å². The van der Waals surface area contributed by atoms with Gasteiger partial charge in [-0.3, -0.25) is 9.59 Å². The van der Waals surface area contributed by atoms with E-state index >= 15 is 0 Å². The van der Waals surface area contributed by atoms with Crippen LogP contribution in [0.15, 0.2) is 28.7 Å². The molecule has 98 valence electrons. The Morgan fingerprint density at radius 3 is 2.56 bits per heavy atom. The van der Waals surface area contributed by atoms with E-state index in [1.807, 2.05) is 6.92 Å². The molecule has 1 amide bonds. The van der Waals surface area contributed by atoms with Crippen LogP contribution in [0, 0.1) is 0 Å². The number of carbonyl (C=O) groups is 2. The first-order valence-corrected chi connectivity index (χ1v) is 6.60. The molecule has 0 aliphatic rings. The van der Waals surface area contributed by atoms with Crippen molar-refractivity contribution in [2.45, 2.75) is 13.3 Å². The van der Waals surface area contributed by atoms with Crippen LogP contribution in [0.4, 0.5) is 0 Å². The van der Waals surface area contributed by atoms with E-state index in [1.165, 1.54) is 0 Å². The van der Waals surface area contributed by atoms with Gasteiger partial charge in [-0.2, -0.15) is 0 Å². The normalized spacial score (nSPS) is 10.1. The Kier molecular flexibility index (Phi) is 6.60. The largest absolute Gasteiger partial charge is 0.382 e. The van der Waals surface area contributed by atoms with E-state index < -0.39 is 11.7 Å². The van der Waals surface area contributed by atoms with Crippen molar-refractivity contribution in [3.8, 4) is 0 Å². The van der Waals surface area contributed by atoms with Crippen molar-refractivity contribution in [2.75, 3.05) is 19.8 Å². The van der Waals surface area contributed by atoms with Gasteiger partial charge >= 0.3 is 0 Å². The molecule has 0 fully saturated rings. The van der Waals surface area contributed by atoms with Gasteiger partial charge in [-0.25, -0.2) is 0 Å². The Bertz CT molecular complexity index is 403.